The average Bonchev–Trinajstić information content (AvgIpc) is 3.20. The molecule has 1 saturated heterocycles. The first kappa shape index (κ1) is 33.5. The summed E-state index contributed by atoms with van der Waals surface area (Å²) in [6.45, 7) is 10.0. The van der Waals surface area contributed by atoms with Crippen LogP contribution in [0.2, 0.25) is 0 Å². The zero-order chi connectivity index (χ0) is 30.6. The Bertz CT molecular complexity index is 1040. The molecule has 2 aromatic carbocycles. The molecule has 1 fully saturated rings. The van der Waals surface area contributed by atoms with E-state index in [0.29, 0.717) is 32.9 Å². The molecule has 1 aliphatic rings. The maximum Gasteiger partial charge on any atom is 0.413 e. The van der Waals surface area contributed by atoms with Gasteiger partial charge in [0, 0.05) is 32.7 Å². The van der Waals surface area contributed by atoms with E-state index < -0.39 is 29.4 Å². The molecule has 1 heterocycles. The molecular weight excluding hydrogens is 540 g/mol. The van der Waals surface area contributed by atoms with Crippen molar-refractivity contribution in [2.75, 3.05) is 47.4 Å². The summed E-state index contributed by atoms with van der Waals surface area (Å²) < 4.78 is 33.4. The number of carbonyl (C=O) groups is 2. The molecule has 0 bridgehead atoms. The van der Waals surface area contributed by atoms with Crippen LogP contribution in [0.15, 0.2) is 60.7 Å². The minimum absolute atomic E-state index is 0.0561. The maximum absolute atomic E-state index is 13.5. The SMILES string of the molecule is COCCOCOC[C@H](C[C@@H](OC(=O)N1C(C)(C)COC1(C)C)C(=O)OC)N(Cc1ccccc1)Cc1ccccc1. The molecule has 10 nitrogen and oxygen atoms in total. The van der Waals surface area contributed by atoms with Crippen molar-refractivity contribution in [1.29, 1.82) is 0 Å². The van der Waals surface area contributed by atoms with Gasteiger partial charge in [0.15, 0.2) is 0 Å². The van der Waals surface area contributed by atoms with Crippen LogP contribution in [0.1, 0.15) is 45.2 Å². The molecule has 0 unspecified atom stereocenters. The minimum atomic E-state index is -1.17. The van der Waals surface area contributed by atoms with E-state index in [1.54, 1.807) is 21.0 Å². The molecule has 1 amide bonds. The molecular formula is C32H46N2O8. The van der Waals surface area contributed by atoms with E-state index in [9.17, 15) is 9.59 Å². The fourth-order valence-electron chi connectivity index (χ4n) is 5.14. The van der Waals surface area contributed by atoms with Crippen molar-refractivity contribution in [3.05, 3.63) is 71.8 Å². The fraction of sp³-hybridized carbons (Fsp3) is 0.562. The summed E-state index contributed by atoms with van der Waals surface area (Å²) in [7, 11) is 2.90. The molecule has 0 N–H and O–H groups in total. The zero-order valence-corrected chi connectivity index (χ0v) is 25.7. The Morgan fingerprint density at radius 1 is 0.905 bits per heavy atom. The standard InChI is InChI=1S/C32H46N2O8/c1-31(2)23-41-32(3,4)34(31)30(36)42-28(29(35)38-6)19-27(22-40-24-39-18-17-37-5)33(20-25-13-9-7-10-14-25)21-26-15-11-8-12-16-26/h7-16,27-28H,17-24H2,1-6H3/t27-,28+/m0/s1. The summed E-state index contributed by atoms with van der Waals surface area (Å²) in [5.41, 5.74) is 0.685. The van der Waals surface area contributed by atoms with Crippen molar-refractivity contribution >= 4 is 12.1 Å². The number of nitrogens with zero attached hydrogens (tertiary/aromatic N) is 2. The van der Waals surface area contributed by atoms with Crippen molar-refractivity contribution < 1.29 is 38.0 Å². The minimum Gasteiger partial charge on any atom is -0.466 e. The van der Waals surface area contributed by atoms with Crippen molar-refractivity contribution in [3.63, 3.8) is 0 Å². The first-order valence-electron chi connectivity index (χ1n) is 14.3. The number of esters is 1. The van der Waals surface area contributed by atoms with Crippen molar-refractivity contribution in [2.24, 2.45) is 0 Å². The fourth-order valence-corrected chi connectivity index (χ4v) is 5.14. The molecule has 232 valence electrons. The van der Waals surface area contributed by atoms with E-state index in [-0.39, 0.29) is 25.9 Å². The predicted octanol–water partition coefficient (Wildman–Crippen LogP) is 4.61. The van der Waals surface area contributed by atoms with Gasteiger partial charge in [-0.3, -0.25) is 9.80 Å². The van der Waals surface area contributed by atoms with E-state index in [2.05, 4.69) is 29.2 Å². The highest BCUT2D eigenvalue weighted by atomic mass is 16.7. The lowest BCUT2D eigenvalue weighted by Gasteiger charge is -2.38. The quantitative estimate of drug-likeness (QED) is 0.159. The van der Waals surface area contributed by atoms with Gasteiger partial charge in [-0.1, -0.05) is 60.7 Å². The summed E-state index contributed by atoms with van der Waals surface area (Å²) in [4.78, 5) is 30.4. The van der Waals surface area contributed by atoms with E-state index in [4.69, 9.17) is 28.4 Å². The third kappa shape index (κ3) is 9.78. The molecule has 0 saturated carbocycles. The second-order valence-corrected chi connectivity index (χ2v) is 11.4. The Morgan fingerprint density at radius 3 is 2.00 bits per heavy atom. The van der Waals surface area contributed by atoms with E-state index in [1.807, 2.05) is 50.2 Å². The maximum atomic E-state index is 13.5. The molecule has 2 aromatic rings. The molecule has 0 spiro atoms. The van der Waals surface area contributed by atoms with Gasteiger partial charge in [0.2, 0.25) is 6.10 Å². The smallest absolute Gasteiger partial charge is 0.413 e. The van der Waals surface area contributed by atoms with Gasteiger partial charge in [0.25, 0.3) is 0 Å². The van der Waals surface area contributed by atoms with Gasteiger partial charge in [0.05, 0.1) is 39.1 Å². The molecule has 3 rings (SSSR count). The molecule has 42 heavy (non-hydrogen) atoms. The van der Waals surface area contributed by atoms with Crippen molar-refractivity contribution in [2.45, 2.75) is 70.6 Å². The number of hydrogen-bond donors (Lipinski definition) is 0. The first-order valence-corrected chi connectivity index (χ1v) is 14.3. The Hall–Kier alpha value is -3.02. The molecule has 1 aliphatic heterocycles. The van der Waals surface area contributed by atoms with Crippen molar-refractivity contribution in [3.8, 4) is 0 Å². The van der Waals surface area contributed by atoms with Crippen LogP contribution in [0, 0.1) is 0 Å². The highest BCUT2D eigenvalue weighted by Crippen LogP contribution is 2.35. The molecule has 0 aromatic heterocycles. The largest absolute Gasteiger partial charge is 0.466 e. The number of hydrogen-bond acceptors (Lipinski definition) is 9. The number of amides is 1. The van der Waals surface area contributed by atoms with Crippen LogP contribution in [0.4, 0.5) is 4.79 Å². The third-order valence-electron chi connectivity index (χ3n) is 7.18. The Labute approximate surface area is 249 Å². The van der Waals surface area contributed by atoms with Gasteiger partial charge in [-0.25, -0.2) is 9.59 Å². The predicted molar refractivity (Wildman–Crippen MR) is 157 cm³/mol. The lowest BCUT2D eigenvalue weighted by molar-refractivity contribution is -0.154. The summed E-state index contributed by atoms with van der Waals surface area (Å²) >= 11 is 0. The van der Waals surface area contributed by atoms with Gasteiger partial charge in [-0.15, -0.1) is 0 Å². The number of benzene rings is 2. The van der Waals surface area contributed by atoms with Gasteiger partial charge in [0.1, 0.15) is 12.5 Å². The second kappa shape index (κ2) is 16.0. The Morgan fingerprint density at radius 2 is 1.50 bits per heavy atom. The van der Waals surface area contributed by atoms with Crippen LogP contribution in [-0.4, -0.2) is 92.7 Å². The van der Waals surface area contributed by atoms with Gasteiger partial charge >= 0.3 is 12.1 Å². The molecule has 2 atom stereocenters. The summed E-state index contributed by atoms with van der Waals surface area (Å²) in [6.07, 6.45) is -1.67. The van der Waals surface area contributed by atoms with Gasteiger partial charge < -0.3 is 28.4 Å². The van der Waals surface area contributed by atoms with Crippen LogP contribution >= 0.6 is 0 Å². The number of rotatable bonds is 16. The molecule has 10 heteroatoms. The van der Waals surface area contributed by atoms with E-state index >= 15 is 0 Å². The molecule has 0 aliphatic carbocycles. The highest BCUT2D eigenvalue weighted by molar-refractivity contribution is 5.79. The Kier molecular flexibility index (Phi) is 12.8. The van der Waals surface area contributed by atoms with Gasteiger partial charge in [-0.2, -0.15) is 0 Å². The monoisotopic (exact) mass is 586 g/mol. The molecule has 0 radical (unpaired) electrons. The topological polar surface area (TPSA) is 96.0 Å². The van der Waals surface area contributed by atoms with Crippen LogP contribution in [0.25, 0.3) is 0 Å². The van der Waals surface area contributed by atoms with Crippen LogP contribution in [-0.2, 0) is 46.3 Å². The lowest BCUT2D eigenvalue weighted by Crippen LogP contribution is -2.54. The third-order valence-corrected chi connectivity index (χ3v) is 7.18. The number of methoxy groups -OCH3 is 2. The summed E-state index contributed by atoms with van der Waals surface area (Å²) in [5.74, 6) is -0.639. The van der Waals surface area contributed by atoms with Crippen LogP contribution in [0.3, 0.4) is 0 Å². The second-order valence-electron chi connectivity index (χ2n) is 11.4. The first-order chi connectivity index (χ1) is 20.1. The highest BCUT2D eigenvalue weighted by Gasteiger charge is 2.50. The van der Waals surface area contributed by atoms with Gasteiger partial charge in [-0.05, 0) is 38.8 Å². The Balaban J connectivity index is 1.88. The van der Waals surface area contributed by atoms with Crippen LogP contribution in [0.5, 0.6) is 0 Å². The summed E-state index contributed by atoms with van der Waals surface area (Å²) in [5, 5.41) is 0. The normalized spacial score (nSPS) is 17.2. The van der Waals surface area contributed by atoms with E-state index in [1.165, 1.54) is 12.0 Å². The summed E-state index contributed by atoms with van der Waals surface area (Å²) in [6, 6.07) is 19.8. The van der Waals surface area contributed by atoms with Crippen molar-refractivity contribution in [1.82, 2.24) is 9.80 Å². The lowest BCUT2D eigenvalue weighted by atomic mass is 10.0. The zero-order valence-electron chi connectivity index (χ0n) is 25.7. The average molecular weight is 587 g/mol. The van der Waals surface area contributed by atoms with Crippen LogP contribution < -0.4 is 0 Å². The number of carbonyl (C=O) groups excluding carboxylic acids is 2. The number of ether oxygens (including phenoxy) is 6. The van der Waals surface area contributed by atoms with E-state index in [0.717, 1.165) is 11.1 Å².